The average Bonchev–Trinajstić information content (AvgIpc) is 1.82. The maximum atomic E-state index is 10.5. The standard InChI is InChI=1S/C8H13NO2/c1-7(10)4-5-9(3)6-8(2)11/h4-5H,6H2,1-3H3/b5-4+. The van der Waals surface area contributed by atoms with Crippen molar-refractivity contribution in [2.75, 3.05) is 13.6 Å². The van der Waals surface area contributed by atoms with Crippen molar-refractivity contribution in [3.8, 4) is 0 Å². The highest BCUT2D eigenvalue weighted by Gasteiger charge is 1.94. The Morgan fingerprint density at radius 3 is 2.27 bits per heavy atom. The molecule has 0 aliphatic heterocycles. The van der Waals surface area contributed by atoms with Gasteiger partial charge in [-0.1, -0.05) is 0 Å². The summed E-state index contributed by atoms with van der Waals surface area (Å²) in [5.41, 5.74) is 0. The summed E-state index contributed by atoms with van der Waals surface area (Å²) >= 11 is 0. The number of allylic oxidation sites excluding steroid dienone is 1. The fourth-order valence-corrected chi connectivity index (χ4v) is 0.636. The van der Waals surface area contributed by atoms with Gasteiger partial charge in [0.1, 0.15) is 5.78 Å². The number of hydrogen-bond donors (Lipinski definition) is 0. The quantitative estimate of drug-likeness (QED) is 0.558. The summed E-state index contributed by atoms with van der Waals surface area (Å²) < 4.78 is 0. The summed E-state index contributed by atoms with van der Waals surface area (Å²) in [5.74, 6) is 0.0705. The average molecular weight is 155 g/mol. The van der Waals surface area contributed by atoms with Crippen LogP contribution in [-0.4, -0.2) is 30.1 Å². The second kappa shape index (κ2) is 4.66. The fraction of sp³-hybridized carbons (Fsp3) is 0.500. The Bertz CT molecular complexity index is 185. The van der Waals surface area contributed by atoms with E-state index in [2.05, 4.69) is 0 Å². The molecule has 0 rings (SSSR count). The van der Waals surface area contributed by atoms with Crippen LogP contribution in [0.3, 0.4) is 0 Å². The van der Waals surface area contributed by atoms with Crippen molar-refractivity contribution in [2.45, 2.75) is 13.8 Å². The molecule has 62 valence electrons. The van der Waals surface area contributed by atoms with Crippen molar-refractivity contribution < 1.29 is 9.59 Å². The topological polar surface area (TPSA) is 37.4 Å². The molecule has 0 aliphatic rings. The van der Waals surface area contributed by atoms with E-state index in [0.717, 1.165) is 0 Å². The Kier molecular flexibility index (Phi) is 4.18. The lowest BCUT2D eigenvalue weighted by Crippen LogP contribution is -2.18. The van der Waals surface area contributed by atoms with Crippen LogP contribution < -0.4 is 0 Å². The van der Waals surface area contributed by atoms with E-state index in [1.807, 2.05) is 0 Å². The molecule has 0 atom stereocenters. The van der Waals surface area contributed by atoms with Gasteiger partial charge in [-0.2, -0.15) is 0 Å². The number of rotatable bonds is 4. The molecule has 3 heteroatoms. The number of likely N-dealkylation sites (N-methyl/N-ethyl adjacent to an activating group) is 1. The van der Waals surface area contributed by atoms with E-state index >= 15 is 0 Å². The van der Waals surface area contributed by atoms with Crippen LogP contribution in [0.1, 0.15) is 13.8 Å². The Balaban J connectivity index is 3.77. The van der Waals surface area contributed by atoms with Crippen molar-refractivity contribution >= 4 is 11.6 Å². The van der Waals surface area contributed by atoms with Crippen LogP contribution in [0.5, 0.6) is 0 Å². The van der Waals surface area contributed by atoms with E-state index in [1.165, 1.54) is 19.9 Å². The molecule has 0 aromatic heterocycles. The lowest BCUT2D eigenvalue weighted by atomic mass is 10.4. The lowest BCUT2D eigenvalue weighted by molar-refractivity contribution is -0.117. The lowest BCUT2D eigenvalue weighted by Gasteiger charge is -2.09. The first kappa shape index (κ1) is 9.88. The smallest absolute Gasteiger partial charge is 0.154 e. The van der Waals surface area contributed by atoms with Gasteiger partial charge in [0.2, 0.25) is 0 Å². The molecule has 0 bridgehead atoms. The van der Waals surface area contributed by atoms with Gasteiger partial charge in [0.25, 0.3) is 0 Å². The minimum absolute atomic E-state index is 0.0135. The molecule has 11 heavy (non-hydrogen) atoms. The highest BCUT2D eigenvalue weighted by atomic mass is 16.1. The zero-order chi connectivity index (χ0) is 8.85. The van der Waals surface area contributed by atoms with E-state index in [4.69, 9.17) is 0 Å². The molecule has 0 aromatic rings. The van der Waals surface area contributed by atoms with Gasteiger partial charge in [-0.25, -0.2) is 0 Å². The summed E-state index contributed by atoms with van der Waals surface area (Å²) in [6.07, 6.45) is 3.03. The van der Waals surface area contributed by atoms with Crippen LogP contribution in [0.4, 0.5) is 0 Å². The number of ketones is 2. The van der Waals surface area contributed by atoms with Gasteiger partial charge in [0.05, 0.1) is 6.54 Å². The molecule has 0 saturated carbocycles. The predicted molar refractivity (Wildman–Crippen MR) is 43.1 cm³/mol. The molecule has 0 aliphatic carbocycles. The van der Waals surface area contributed by atoms with Crippen LogP contribution in [0, 0.1) is 0 Å². The molecule has 0 amide bonds. The van der Waals surface area contributed by atoms with Crippen molar-refractivity contribution in [3.63, 3.8) is 0 Å². The SMILES string of the molecule is CC(=O)/C=C/N(C)CC(C)=O. The third-order valence-corrected chi connectivity index (χ3v) is 1.04. The number of carbonyl (C=O) groups is 2. The van der Waals surface area contributed by atoms with Gasteiger partial charge < -0.3 is 4.90 Å². The van der Waals surface area contributed by atoms with Crippen molar-refractivity contribution in [1.29, 1.82) is 0 Å². The molecule has 0 radical (unpaired) electrons. The summed E-state index contributed by atoms with van der Waals surface area (Å²) in [4.78, 5) is 22.6. The maximum absolute atomic E-state index is 10.5. The number of hydrogen-bond acceptors (Lipinski definition) is 3. The van der Waals surface area contributed by atoms with Gasteiger partial charge >= 0.3 is 0 Å². The summed E-state index contributed by atoms with van der Waals surface area (Å²) in [5, 5.41) is 0. The molecule has 0 aromatic carbocycles. The zero-order valence-corrected chi connectivity index (χ0v) is 7.13. The minimum atomic E-state index is -0.0135. The summed E-state index contributed by atoms with van der Waals surface area (Å²) in [7, 11) is 1.75. The Morgan fingerprint density at radius 1 is 1.36 bits per heavy atom. The van der Waals surface area contributed by atoms with E-state index in [9.17, 15) is 9.59 Å². The molecule has 0 fully saturated rings. The molecule has 0 spiro atoms. The molecule has 0 N–H and O–H groups in total. The Hall–Kier alpha value is -1.12. The van der Waals surface area contributed by atoms with Crippen LogP contribution >= 0.6 is 0 Å². The first-order valence-corrected chi connectivity index (χ1v) is 3.41. The van der Waals surface area contributed by atoms with Crippen LogP contribution in [0.15, 0.2) is 12.3 Å². The van der Waals surface area contributed by atoms with E-state index in [0.29, 0.717) is 6.54 Å². The van der Waals surface area contributed by atoms with E-state index in [1.54, 1.807) is 18.1 Å². The van der Waals surface area contributed by atoms with Gasteiger partial charge in [-0.3, -0.25) is 9.59 Å². The monoisotopic (exact) mass is 155 g/mol. The molecule has 0 unspecified atom stereocenters. The van der Waals surface area contributed by atoms with Gasteiger partial charge in [0, 0.05) is 13.2 Å². The molecule has 3 nitrogen and oxygen atoms in total. The van der Waals surface area contributed by atoms with Crippen LogP contribution in [-0.2, 0) is 9.59 Å². The highest BCUT2D eigenvalue weighted by Crippen LogP contribution is 1.85. The van der Waals surface area contributed by atoms with Crippen LogP contribution in [0.25, 0.3) is 0 Å². The van der Waals surface area contributed by atoms with E-state index < -0.39 is 0 Å². The minimum Gasteiger partial charge on any atom is -0.373 e. The Morgan fingerprint density at radius 2 is 1.91 bits per heavy atom. The van der Waals surface area contributed by atoms with E-state index in [-0.39, 0.29) is 11.6 Å². The third-order valence-electron chi connectivity index (χ3n) is 1.04. The largest absolute Gasteiger partial charge is 0.373 e. The zero-order valence-electron chi connectivity index (χ0n) is 7.13. The Labute approximate surface area is 66.7 Å². The first-order valence-electron chi connectivity index (χ1n) is 3.41. The van der Waals surface area contributed by atoms with Crippen LogP contribution in [0.2, 0.25) is 0 Å². The first-order chi connectivity index (χ1) is 5.02. The summed E-state index contributed by atoms with van der Waals surface area (Å²) in [6.45, 7) is 3.33. The van der Waals surface area contributed by atoms with Gasteiger partial charge in [-0.05, 0) is 19.9 Å². The van der Waals surface area contributed by atoms with Gasteiger partial charge in [-0.15, -0.1) is 0 Å². The van der Waals surface area contributed by atoms with Crippen molar-refractivity contribution in [3.05, 3.63) is 12.3 Å². The summed E-state index contributed by atoms with van der Waals surface area (Å²) in [6, 6.07) is 0. The molecular weight excluding hydrogens is 142 g/mol. The predicted octanol–water partition coefficient (Wildman–Crippen LogP) is 0.610. The fourth-order valence-electron chi connectivity index (χ4n) is 0.636. The second-order valence-corrected chi connectivity index (χ2v) is 2.54. The second-order valence-electron chi connectivity index (χ2n) is 2.54. The third kappa shape index (κ3) is 6.77. The molecule has 0 saturated heterocycles. The maximum Gasteiger partial charge on any atom is 0.154 e. The number of Topliss-reactive ketones (excluding diaryl/α,β-unsaturated/α-hetero) is 1. The molecule has 0 heterocycles. The normalized spacial score (nSPS) is 10.1. The number of nitrogens with zero attached hydrogens (tertiary/aromatic N) is 1. The highest BCUT2D eigenvalue weighted by molar-refractivity contribution is 5.87. The van der Waals surface area contributed by atoms with Crippen molar-refractivity contribution in [1.82, 2.24) is 4.90 Å². The van der Waals surface area contributed by atoms with Gasteiger partial charge in [0.15, 0.2) is 5.78 Å². The van der Waals surface area contributed by atoms with Crippen molar-refractivity contribution in [2.24, 2.45) is 0 Å². The molecular formula is C8H13NO2. The number of carbonyl (C=O) groups excluding carboxylic acids is 2.